The van der Waals surface area contributed by atoms with Crippen molar-refractivity contribution in [3.05, 3.63) is 71.4 Å². The first kappa shape index (κ1) is 22.1. The summed E-state index contributed by atoms with van der Waals surface area (Å²) in [7, 11) is 5.22. The van der Waals surface area contributed by atoms with E-state index >= 15 is 0 Å². The summed E-state index contributed by atoms with van der Waals surface area (Å²) in [5.41, 5.74) is 1.73. The number of hydrogen-bond donors (Lipinski definition) is 2. The monoisotopic (exact) mass is 427 g/mol. The van der Waals surface area contributed by atoms with Crippen molar-refractivity contribution >= 4 is 17.5 Å². The van der Waals surface area contributed by atoms with Crippen LogP contribution >= 0.6 is 0 Å². The quantitative estimate of drug-likeness (QED) is 0.608. The molecule has 1 heterocycles. The molecule has 1 aromatic heterocycles. The van der Waals surface area contributed by atoms with Gasteiger partial charge in [0.05, 0.1) is 12.1 Å². The van der Waals surface area contributed by atoms with E-state index in [2.05, 4.69) is 15.7 Å². The van der Waals surface area contributed by atoms with Gasteiger partial charge in [-0.3, -0.25) is 14.3 Å². The third kappa shape index (κ3) is 5.73. The van der Waals surface area contributed by atoms with Gasteiger partial charge in [-0.15, -0.1) is 0 Å². The fraction of sp³-hybridized carbons (Fsp3) is 0.227. The maximum absolute atomic E-state index is 14.2. The van der Waals surface area contributed by atoms with Crippen molar-refractivity contribution in [1.29, 1.82) is 0 Å². The van der Waals surface area contributed by atoms with E-state index in [0.29, 0.717) is 5.69 Å². The molecule has 0 saturated carbocycles. The summed E-state index contributed by atoms with van der Waals surface area (Å²) < 4.78 is 28.8. The van der Waals surface area contributed by atoms with Gasteiger partial charge in [-0.05, 0) is 43.9 Å². The van der Waals surface area contributed by atoms with E-state index in [4.69, 9.17) is 0 Å². The molecule has 31 heavy (non-hydrogen) atoms. The minimum absolute atomic E-state index is 0.0396. The van der Waals surface area contributed by atoms with E-state index in [1.54, 1.807) is 44.2 Å². The lowest BCUT2D eigenvalue weighted by atomic mass is 10.1. The van der Waals surface area contributed by atoms with Crippen LogP contribution in [0.3, 0.4) is 0 Å². The first-order valence-corrected chi connectivity index (χ1v) is 9.53. The predicted octanol–water partition coefficient (Wildman–Crippen LogP) is 2.80. The molecule has 2 aromatic carbocycles. The van der Waals surface area contributed by atoms with Gasteiger partial charge in [0.2, 0.25) is 5.91 Å². The average Bonchev–Trinajstić information content (AvgIpc) is 3.07. The summed E-state index contributed by atoms with van der Waals surface area (Å²) >= 11 is 0. The van der Waals surface area contributed by atoms with Crippen molar-refractivity contribution < 1.29 is 18.4 Å². The van der Waals surface area contributed by atoms with Crippen molar-refractivity contribution in [2.45, 2.75) is 6.54 Å². The molecule has 0 spiro atoms. The molecule has 2 N–H and O–H groups in total. The second-order valence-corrected chi connectivity index (χ2v) is 7.36. The smallest absolute Gasteiger partial charge is 0.255 e. The van der Waals surface area contributed by atoms with Crippen molar-refractivity contribution in [1.82, 2.24) is 20.0 Å². The molecule has 0 aliphatic carbocycles. The zero-order valence-corrected chi connectivity index (χ0v) is 17.4. The number of nitrogens with one attached hydrogen (secondary N) is 2. The van der Waals surface area contributed by atoms with E-state index < -0.39 is 17.5 Å². The maximum atomic E-state index is 14.2. The van der Waals surface area contributed by atoms with E-state index in [9.17, 15) is 18.4 Å². The van der Waals surface area contributed by atoms with Gasteiger partial charge in [0.15, 0.2) is 0 Å². The van der Waals surface area contributed by atoms with E-state index in [-0.39, 0.29) is 35.8 Å². The number of hydrogen-bond acceptors (Lipinski definition) is 4. The predicted molar refractivity (Wildman–Crippen MR) is 113 cm³/mol. The highest BCUT2D eigenvalue weighted by Gasteiger charge is 2.20. The highest BCUT2D eigenvalue weighted by atomic mass is 19.1. The lowest BCUT2D eigenvalue weighted by molar-refractivity contribution is -0.116. The van der Waals surface area contributed by atoms with Crippen molar-refractivity contribution in [2.24, 2.45) is 7.05 Å². The molecule has 7 nitrogen and oxygen atoms in total. The van der Waals surface area contributed by atoms with Crippen LogP contribution in [0.25, 0.3) is 11.3 Å². The van der Waals surface area contributed by atoms with Crippen LogP contribution in [-0.4, -0.2) is 47.1 Å². The minimum Gasteiger partial charge on any atom is -0.348 e. The lowest BCUT2D eigenvalue weighted by Crippen LogP contribution is -2.27. The maximum Gasteiger partial charge on any atom is 0.255 e. The van der Waals surface area contributed by atoms with Gasteiger partial charge in [0, 0.05) is 37.1 Å². The second-order valence-electron chi connectivity index (χ2n) is 7.36. The van der Waals surface area contributed by atoms with Crippen LogP contribution in [-0.2, 0) is 18.4 Å². The zero-order valence-electron chi connectivity index (χ0n) is 17.4. The Morgan fingerprint density at radius 1 is 1.13 bits per heavy atom. The molecule has 0 fully saturated rings. The molecular weight excluding hydrogens is 404 g/mol. The van der Waals surface area contributed by atoms with Gasteiger partial charge in [-0.25, -0.2) is 8.78 Å². The molecule has 3 aromatic rings. The molecule has 0 aliphatic rings. The topological polar surface area (TPSA) is 79.3 Å². The Kier molecular flexibility index (Phi) is 6.76. The average molecular weight is 427 g/mol. The number of anilines is 1. The number of aromatic nitrogens is 2. The number of benzene rings is 2. The Morgan fingerprint density at radius 2 is 1.90 bits per heavy atom. The molecular formula is C22H23F2N5O2. The second kappa shape index (κ2) is 9.48. The SMILES string of the molecule is CN(C)CC(=O)Nc1cccc(CNC(=O)c2cn(C)nc2-c2ccc(F)cc2F)c1. The van der Waals surface area contributed by atoms with Crippen molar-refractivity contribution in [3.8, 4) is 11.3 Å². The summed E-state index contributed by atoms with van der Waals surface area (Å²) in [5.74, 6) is -2.10. The molecule has 2 amide bonds. The first-order valence-electron chi connectivity index (χ1n) is 9.53. The Balaban J connectivity index is 1.72. The molecule has 0 unspecified atom stereocenters. The minimum atomic E-state index is -0.797. The van der Waals surface area contributed by atoms with Crippen molar-refractivity contribution in [2.75, 3.05) is 26.0 Å². The zero-order chi connectivity index (χ0) is 22.5. The Hall–Kier alpha value is -3.59. The summed E-state index contributed by atoms with van der Waals surface area (Å²) in [6.07, 6.45) is 1.48. The van der Waals surface area contributed by atoms with Crippen LogP contribution in [0, 0.1) is 11.6 Å². The molecule has 0 saturated heterocycles. The number of aryl methyl sites for hydroxylation is 1. The van der Waals surface area contributed by atoms with Gasteiger partial charge in [0.1, 0.15) is 17.3 Å². The number of rotatable bonds is 7. The van der Waals surface area contributed by atoms with Gasteiger partial charge in [-0.1, -0.05) is 12.1 Å². The fourth-order valence-corrected chi connectivity index (χ4v) is 3.06. The largest absolute Gasteiger partial charge is 0.348 e. The first-order chi connectivity index (χ1) is 14.7. The van der Waals surface area contributed by atoms with Gasteiger partial charge in [-0.2, -0.15) is 5.10 Å². The highest BCUT2D eigenvalue weighted by Crippen LogP contribution is 2.25. The summed E-state index contributed by atoms with van der Waals surface area (Å²) in [6.45, 7) is 0.446. The van der Waals surface area contributed by atoms with E-state index in [1.165, 1.54) is 16.9 Å². The number of nitrogens with zero attached hydrogens (tertiary/aromatic N) is 3. The van der Waals surface area contributed by atoms with Crippen LogP contribution in [0.2, 0.25) is 0 Å². The van der Waals surface area contributed by atoms with E-state index in [1.807, 2.05) is 6.07 Å². The number of amides is 2. The standard InChI is InChI=1S/C22H23F2N5O2/c1-28(2)13-20(30)26-16-6-4-5-14(9-16)11-25-22(31)18-12-29(3)27-21(18)17-8-7-15(23)10-19(17)24/h4-10,12H,11,13H2,1-3H3,(H,25,31)(H,26,30). The molecule has 0 aliphatic heterocycles. The fourth-order valence-electron chi connectivity index (χ4n) is 3.06. The molecule has 3 rings (SSSR count). The molecule has 162 valence electrons. The molecule has 9 heteroatoms. The Morgan fingerprint density at radius 3 is 2.61 bits per heavy atom. The summed E-state index contributed by atoms with van der Waals surface area (Å²) in [4.78, 5) is 26.4. The normalized spacial score (nSPS) is 10.9. The van der Waals surface area contributed by atoms with Crippen LogP contribution < -0.4 is 10.6 Å². The summed E-state index contributed by atoms with van der Waals surface area (Å²) in [5, 5.41) is 9.73. The Bertz CT molecular complexity index is 1110. The van der Waals surface area contributed by atoms with Gasteiger partial charge >= 0.3 is 0 Å². The Labute approximate surface area is 178 Å². The summed E-state index contributed by atoms with van der Waals surface area (Å²) in [6, 6.07) is 10.2. The van der Waals surface area contributed by atoms with Gasteiger partial charge in [0.25, 0.3) is 5.91 Å². The highest BCUT2D eigenvalue weighted by molar-refractivity contribution is 5.99. The third-order valence-corrected chi connectivity index (χ3v) is 4.38. The van der Waals surface area contributed by atoms with Crippen LogP contribution in [0.15, 0.2) is 48.7 Å². The van der Waals surface area contributed by atoms with Crippen LogP contribution in [0.1, 0.15) is 15.9 Å². The molecule has 0 atom stereocenters. The van der Waals surface area contributed by atoms with E-state index in [0.717, 1.165) is 17.7 Å². The van der Waals surface area contributed by atoms with Crippen LogP contribution in [0.4, 0.5) is 14.5 Å². The van der Waals surface area contributed by atoms with Crippen LogP contribution in [0.5, 0.6) is 0 Å². The van der Waals surface area contributed by atoms with Gasteiger partial charge < -0.3 is 15.5 Å². The third-order valence-electron chi connectivity index (χ3n) is 4.38. The number of likely N-dealkylation sites (N-methyl/N-ethyl adjacent to an activating group) is 1. The number of halogens is 2. The molecule has 0 radical (unpaired) electrons. The number of carbonyl (C=O) groups excluding carboxylic acids is 2. The lowest BCUT2D eigenvalue weighted by Gasteiger charge is -2.11. The molecule has 0 bridgehead atoms. The van der Waals surface area contributed by atoms with Crippen molar-refractivity contribution in [3.63, 3.8) is 0 Å². The number of carbonyl (C=O) groups is 2.